The number of nitrogens with two attached hydrogens (primary N) is 1. The van der Waals surface area contributed by atoms with Gasteiger partial charge >= 0.3 is 0 Å². The van der Waals surface area contributed by atoms with E-state index in [9.17, 15) is 0 Å². The summed E-state index contributed by atoms with van der Waals surface area (Å²) in [6.07, 6.45) is 5.17. The molecule has 1 fully saturated rings. The molecule has 0 amide bonds. The zero-order chi connectivity index (χ0) is 13.0. The van der Waals surface area contributed by atoms with Crippen LogP contribution >= 0.6 is 11.8 Å². The fourth-order valence-corrected chi connectivity index (χ4v) is 3.32. The lowest BCUT2D eigenvalue weighted by molar-refractivity contribution is 0.689. The second-order valence-corrected chi connectivity index (χ2v) is 6.55. The van der Waals surface area contributed by atoms with Crippen LogP contribution in [0.5, 0.6) is 0 Å². The van der Waals surface area contributed by atoms with Gasteiger partial charge in [-0.15, -0.1) is 0 Å². The van der Waals surface area contributed by atoms with Gasteiger partial charge in [0.05, 0.1) is 5.75 Å². The summed E-state index contributed by atoms with van der Waals surface area (Å²) in [5.74, 6) is 4.89. The molecule has 2 N–H and O–H groups in total. The van der Waals surface area contributed by atoms with Gasteiger partial charge in [-0.25, -0.2) is 9.97 Å². The van der Waals surface area contributed by atoms with Crippen molar-refractivity contribution < 1.29 is 0 Å². The van der Waals surface area contributed by atoms with Gasteiger partial charge in [0.2, 0.25) is 0 Å². The van der Waals surface area contributed by atoms with Crippen molar-refractivity contribution in [1.82, 2.24) is 9.97 Å². The number of nitrogens with zero attached hydrogens (tertiary/aromatic N) is 2. The summed E-state index contributed by atoms with van der Waals surface area (Å²) >= 11 is 1.89. The van der Waals surface area contributed by atoms with E-state index in [4.69, 9.17) is 10.7 Å². The Balaban J connectivity index is 2.01. The van der Waals surface area contributed by atoms with E-state index in [0.29, 0.717) is 17.7 Å². The van der Waals surface area contributed by atoms with Crippen molar-refractivity contribution in [2.45, 2.75) is 51.2 Å². The molecule has 2 rings (SSSR count). The van der Waals surface area contributed by atoms with E-state index in [-0.39, 0.29) is 0 Å². The Morgan fingerprint density at radius 1 is 1.33 bits per heavy atom. The molecule has 1 aliphatic carbocycles. The van der Waals surface area contributed by atoms with Crippen LogP contribution in [0.3, 0.4) is 0 Å². The molecule has 3 nitrogen and oxygen atoms in total. The molecular weight excluding hydrogens is 242 g/mol. The normalized spacial score (nSPS) is 16.6. The van der Waals surface area contributed by atoms with Crippen molar-refractivity contribution in [1.29, 1.82) is 0 Å². The zero-order valence-corrected chi connectivity index (χ0v) is 12.2. The fourth-order valence-electron chi connectivity index (χ4n) is 2.42. The standard InChI is InChI=1S/C14H23N3S/c1-10(2)8-18-9-14-16-12(7-13(15)17-14)11-5-3-4-6-11/h7,10-11H,3-6,8-9H2,1-2H3,(H2,15,16,17). The zero-order valence-electron chi connectivity index (χ0n) is 11.4. The van der Waals surface area contributed by atoms with Crippen LogP contribution in [-0.2, 0) is 5.75 Å². The molecule has 0 atom stereocenters. The molecule has 1 aromatic heterocycles. The van der Waals surface area contributed by atoms with E-state index in [0.717, 1.165) is 17.3 Å². The number of hydrogen-bond donors (Lipinski definition) is 1. The van der Waals surface area contributed by atoms with Gasteiger partial charge in [0.1, 0.15) is 11.6 Å². The predicted octanol–water partition coefficient (Wildman–Crippen LogP) is 3.61. The number of thioether (sulfide) groups is 1. The molecule has 0 spiro atoms. The summed E-state index contributed by atoms with van der Waals surface area (Å²) < 4.78 is 0. The molecule has 4 heteroatoms. The van der Waals surface area contributed by atoms with Crippen LogP contribution in [0.15, 0.2) is 6.07 Å². The molecule has 1 aromatic rings. The molecular formula is C14H23N3S. The smallest absolute Gasteiger partial charge is 0.140 e. The SMILES string of the molecule is CC(C)CSCc1nc(N)cc(C2CCCC2)n1. The molecule has 0 aliphatic heterocycles. The highest BCUT2D eigenvalue weighted by molar-refractivity contribution is 7.98. The number of hydrogen-bond acceptors (Lipinski definition) is 4. The fraction of sp³-hybridized carbons (Fsp3) is 0.714. The number of nitrogen functional groups attached to an aromatic ring is 1. The summed E-state index contributed by atoms with van der Waals surface area (Å²) in [5.41, 5.74) is 7.06. The highest BCUT2D eigenvalue weighted by atomic mass is 32.2. The van der Waals surface area contributed by atoms with Crippen molar-refractivity contribution in [2.24, 2.45) is 5.92 Å². The summed E-state index contributed by atoms with van der Waals surface area (Å²) in [6, 6.07) is 1.96. The van der Waals surface area contributed by atoms with Crippen LogP contribution in [-0.4, -0.2) is 15.7 Å². The first-order valence-corrected chi connectivity index (χ1v) is 8.01. The molecule has 1 saturated carbocycles. The van der Waals surface area contributed by atoms with Gasteiger partial charge in [0, 0.05) is 17.7 Å². The van der Waals surface area contributed by atoms with Crippen LogP contribution in [0.4, 0.5) is 5.82 Å². The Kier molecular flexibility index (Phi) is 4.87. The average molecular weight is 265 g/mol. The van der Waals surface area contributed by atoms with Crippen LogP contribution in [0.1, 0.15) is 57.0 Å². The summed E-state index contributed by atoms with van der Waals surface area (Å²) in [4.78, 5) is 9.05. The average Bonchev–Trinajstić information content (AvgIpc) is 2.81. The van der Waals surface area contributed by atoms with Crippen molar-refractivity contribution in [3.05, 3.63) is 17.6 Å². The molecule has 1 heterocycles. The lowest BCUT2D eigenvalue weighted by Crippen LogP contribution is -2.05. The predicted molar refractivity (Wildman–Crippen MR) is 78.7 cm³/mol. The van der Waals surface area contributed by atoms with Crippen LogP contribution in [0.2, 0.25) is 0 Å². The highest BCUT2D eigenvalue weighted by Crippen LogP contribution is 2.33. The highest BCUT2D eigenvalue weighted by Gasteiger charge is 2.19. The first kappa shape index (κ1) is 13.7. The van der Waals surface area contributed by atoms with E-state index >= 15 is 0 Å². The first-order valence-electron chi connectivity index (χ1n) is 6.86. The lowest BCUT2D eigenvalue weighted by atomic mass is 10.0. The number of rotatable bonds is 5. The van der Waals surface area contributed by atoms with Gasteiger partial charge in [-0.3, -0.25) is 0 Å². The van der Waals surface area contributed by atoms with Gasteiger partial charge in [-0.1, -0.05) is 26.7 Å². The third kappa shape index (κ3) is 3.87. The Hall–Kier alpha value is -0.770. The monoisotopic (exact) mass is 265 g/mol. The van der Waals surface area contributed by atoms with Crippen molar-refractivity contribution in [3.8, 4) is 0 Å². The van der Waals surface area contributed by atoms with Crippen molar-refractivity contribution in [3.63, 3.8) is 0 Å². The number of anilines is 1. The Morgan fingerprint density at radius 3 is 2.72 bits per heavy atom. The first-order chi connectivity index (χ1) is 8.65. The molecule has 0 aromatic carbocycles. The van der Waals surface area contributed by atoms with Gasteiger partial charge in [-0.05, 0) is 24.5 Å². The molecule has 0 radical (unpaired) electrons. The molecule has 100 valence electrons. The van der Waals surface area contributed by atoms with Crippen LogP contribution in [0, 0.1) is 5.92 Å². The van der Waals surface area contributed by atoms with Gasteiger partial charge < -0.3 is 5.73 Å². The minimum absolute atomic E-state index is 0.615. The Labute approximate surface area is 114 Å². The minimum atomic E-state index is 0.615. The van der Waals surface area contributed by atoms with Crippen LogP contribution in [0.25, 0.3) is 0 Å². The molecule has 0 saturated heterocycles. The quantitative estimate of drug-likeness (QED) is 0.883. The lowest BCUT2D eigenvalue weighted by Gasteiger charge is -2.11. The molecule has 0 unspecified atom stereocenters. The largest absolute Gasteiger partial charge is 0.384 e. The maximum atomic E-state index is 5.90. The maximum absolute atomic E-state index is 5.90. The van der Waals surface area contributed by atoms with Crippen LogP contribution < -0.4 is 5.73 Å². The van der Waals surface area contributed by atoms with E-state index in [1.165, 1.54) is 31.4 Å². The van der Waals surface area contributed by atoms with Crippen molar-refractivity contribution >= 4 is 17.6 Å². The molecule has 0 bridgehead atoms. The van der Waals surface area contributed by atoms with E-state index in [1.807, 2.05) is 17.8 Å². The topological polar surface area (TPSA) is 51.8 Å². The summed E-state index contributed by atoms with van der Waals surface area (Å²) in [7, 11) is 0. The van der Waals surface area contributed by atoms with Gasteiger partial charge in [-0.2, -0.15) is 11.8 Å². The summed E-state index contributed by atoms with van der Waals surface area (Å²) in [6.45, 7) is 4.47. The van der Waals surface area contributed by atoms with E-state index in [1.54, 1.807) is 0 Å². The maximum Gasteiger partial charge on any atom is 0.140 e. The second kappa shape index (κ2) is 6.41. The minimum Gasteiger partial charge on any atom is -0.384 e. The van der Waals surface area contributed by atoms with Gasteiger partial charge in [0.15, 0.2) is 0 Å². The van der Waals surface area contributed by atoms with E-state index < -0.39 is 0 Å². The Morgan fingerprint density at radius 2 is 2.06 bits per heavy atom. The summed E-state index contributed by atoms with van der Waals surface area (Å²) in [5, 5.41) is 0. The number of aromatic nitrogens is 2. The molecule has 1 aliphatic rings. The Bertz CT molecular complexity index is 387. The third-order valence-electron chi connectivity index (χ3n) is 3.27. The molecule has 18 heavy (non-hydrogen) atoms. The van der Waals surface area contributed by atoms with Crippen molar-refractivity contribution in [2.75, 3.05) is 11.5 Å². The third-order valence-corrected chi connectivity index (χ3v) is 4.63. The van der Waals surface area contributed by atoms with Gasteiger partial charge in [0.25, 0.3) is 0 Å². The second-order valence-electron chi connectivity index (χ2n) is 5.52. The van der Waals surface area contributed by atoms with E-state index in [2.05, 4.69) is 18.8 Å².